The van der Waals surface area contributed by atoms with Crippen molar-refractivity contribution in [3.8, 4) is 0 Å². The normalized spacial score (nSPS) is 11.8. The number of rotatable bonds is 5. The molecule has 0 aliphatic rings. The maximum Gasteiger partial charge on any atom is 0.215 e. The van der Waals surface area contributed by atoms with Gasteiger partial charge in [-0.15, -0.1) is 0 Å². The molecule has 0 saturated carbocycles. The van der Waals surface area contributed by atoms with Crippen molar-refractivity contribution in [1.29, 1.82) is 0 Å². The summed E-state index contributed by atoms with van der Waals surface area (Å²) in [5.41, 5.74) is 6.80. The summed E-state index contributed by atoms with van der Waals surface area (Å²) in [6.45, 7) is 0.296. The lowest BCUT2D eigenvalue weighted by atomic mass is 10.3. The molecule has 0 amide bonds. The molecule has 0 aliphatic heterocycles. The number of nitrogen functional groups attached to an aromatic ring is 1. The molecule has 3 N–H and O–H groups in total. The highest BCUT2D eigenvalue weighted by molar-refractivity contribution is 7.89. The van der Waals surface area contributed by atoms with Gasteiger partial charge in [-0.2, -0.15) is 0 Å². The molecule has 0 bridgehead atoms. The van der Waals surface area contributed by atoms with E-state index >= 15 is 0 Å². The van der Waals surface area contributed by atoms with Gasteiger partial charge >= 0.3 is 0 Å². The Hall–Kier alpha value is -0.980. The molecule has 0 spiro atoms. The fraction of sp³-hybridized carbons (Fsp3) is 0.400. The molecule has 0 radical (unpaired) electrons. The van der Waals surface area contributed by atoms with Crippen molar-refractivity contribution in [2.24, 2.45) is 0 Å². The van der Waals surface area contributed by atoms with E-state index in [0.717, 1.165) is 0 Å². The highest BCUT2D eigenvalue weighted by Crippen LogP contribution is 2.23. The standard InChI is InChI=1S/C10H16ClN3O2S/c1-14(2)17(15,16)6-5-13-10-4-3-8(12)7-9(10)11/h3-4,7,13H,5-6,12H2,1-2H3. The summed E-state index contributed by atoms with van der Waals surface area (Å²) in [6.07, 6.45) is 0. The second-order valence-electron chi connectivity index (χ2n) is 3.76. The van der Waals surface area contributed by atoms with Crippen LogP contribution in [-0.2, 0) is 10.0 Å². The summed E-state index contributed by atoms with van der Waals surface area (Å²) < 4.78 is 24.2. The van der Waals surface area contributed by atoms with Crippen LogP contribution in [0.2, 0.25) is 5.02 Å². The van der Waals surface area contributed by atoms with Crippen LogP contribution < -0.4 is 11.1 Å². The Kier molecular flexibility index (Phi) is 4.62. The molecule has 1 rings (SSSR count). The Morgan fingerprint density at radius 1 is 1.41 bits per heavy atom. The van der Waals surface area contributed by atoms with Crippen LogP contribution in [0, 0.1) is 0 Å². The van der Waals surface area contributed by atoms with Gasteiger partial charge in [0, 0.05) is 26.3 Å². The van der Waals surface area contributed by atoms with E-state index in [4.69, 9.17) is 17.3 Å². The van der Waals surface area contributed by atoms with Crippen molar-refractivity contribution >= 4 is 33.0 Å². The number of hydrogen-bond acceptors (Lipinski definition) is 4. The third kappa shape index (κ3) is 4.07. The fourth-order valence-corrected chi connectivity index (χ4v) is 2.15. The first-order chi connectivity index (χ1) is 7.83. The van der Waals surface area contributed by atoms with E-state index in [1.807, 2.05) is 0 Å². The lowest BCUT2D eigenvalue weighted by Crippen LogP contribution is -2.28. The number of nitrogens with one attached hydrogen (secondary N) is 1. The Bertz CT molecular complexity index is 488. The van der Waals surface area contributed by atoms with E-state index < -0.39 is 10.0 Å². The van der Waals surface area contributed by atoms with Crippen LogP contribution in [0.4, 0.5) is 11.4 Å². The van der Waals surface area contributed by atoms with Gasteiger partial charge in [0.15, 0.2) is 0 Å². The highest BCUT2D eigenvalue weighted by atomic mass is 35.5. The lowest BCUT2D eigenvalue weighted by Gasteiger charge is -2.13. The minimum absolute atomic E-state index is 0.0146. The van der Waals surface area contributed by atoms with Gasteiger partial charge in [-0.25, -0.2) is 12.7 Å². The van der Waals surface area contributed by atoms with E-state index in [1.165, 1.54) is 18.4 Å². The van der Waals surface area contributed by atoms with Crippen LogP contribution in [-0.4, -0.2) is 39.1 Å². The van der Waals surface area contributed by atoms with Crippen molar-refractivity contribution in [1.82, 2.24) is 4.31 Å². The smallest absolute Gasteiger partial charge is 0.215 e. The molecule has 0 aromatic heterocycles. The quantitative estimate of drug-likeness (QED) is 0.794. The van der Waals surface area contributed by atoms with Crippen LogP contribution in [0.25, 0.3) is 0 Å². The molecule has 0 fully saturated rings. The maximum absolute atomic E-state index is 11.5. The van der Waals surface area contributed by atoms with Crippen LogP contribution in [0.1, 0.15) is 0 Å². The fourth-order valence-electron chi connectivity index (χ4n) is 1.17. The Labute approximate surface area is 107 Å². The first-order valence-electron chi connectivity index (χ1n) is 5.02. The van der Waals surface area contributed by atoms with Crippen molar-refractivity contribution in [2.75, 3.05) is 37.4 Å². The molecule has 0 saturated heterocycles. The maximum atomic E-state index is 11.5. The number of hydrogen-bond donors (Lipinski definition) is 2. The largest absolute Gasteiger partial charge is 0.399 e. The van der Waals surface area contributed by atoms with Gasteiger partial charge < -0.3 is 11.1 Å². The molecule has 17 heavy (non-hydrogen) atoms. The predicted octanol–water partition coefficient (Wildman–Crippen LogP) is 1.23. The average molecular weight is 278 g/mol. The van der Waals surface area contributed by atoms with Crippen LogP contribution in [0.15, 0.2) is 18.2 Å². The van der Waals surface area contributed by atoms with Crippen molar-refractivity contribution < 1.29 is 8.42 Å². The molecule has 0 atom stereocenters. The number of benzene rings is 1. The molecule has 5 nitrogen and oxygen atoms in total. The molecule has 0 aliphatic carbocycles. The monoisotopic (exact) mass is 277 g/mol. The molecule has 1 aromatic rings. The average Bonchev–Trinajstić information content (AvgIpc) is 2.21. The summed E-state index contributed by atoms with van der Waals surface area (Å²) in [5, 5.41) is 3.44. The third-order valence-corrected chi connectivity index (χ3v) is 4.37. The number of nitrogens with zero attached hydrogens (tertiary/aromatic N) is 1. The number of halogens is 1. The zero-order valence-corrected chi connectivity index (χ0v) is 11.3. The molecule has 0 heterocycles. The van der Waals surface area contributed by atoms with E-state index in [-0.39, 0.29) is 5.75 Å². The van der Waals surface area contributed by atoms with Crippen molar-refractivity contribution in [3.63, 3.8) is 0 Å². The number of anilines is 2. The molecular weight excluding hydrogens is 262 g/mol. The number of sulfonamides is 1. The first kappa shape index (κ1) is 14.1. The van der Waals surface area contributed by atoms with Gasteiger partial charge in [0.25, 0.3) is 0 Å². The summed E-state index contributed by atoms with van der Waals surface area (Å²) in [5.74, 6) is 0.0146. The molecule has 0 unspecified atom stereocenters. The van der Waals surface area contributed by atoms with Crippen molar-refractivity contribution in [3.05, 3.63) is 23.2 Å². The molecule has 1 aromatic carbocycles. The van der Waals surface area contributed by atoms with E-state index in [9.17, 15) is 8.42 Å². The van der Waals surface area contributed by atoms with Crippen LogP contribution >= 0.6 is 11.6 Å². The predicted molar refractivity (Wildman–Crippen MR) is 71.8 cm³/mol. The zero-order valence-electron chi connectivity index (χ0n) is 9.77. The summed E-state index contributed by atoms with van der Waals surface area (Å²) in [7, 11) is -0.175. The molecule has 7 heteroatoms. The second kappa shape index (κ2) is 5.57. The second-order valence-corrected chi connectivity index (χ2v) is 6.47. The number of nitrogens with two attached hydrogens (primary N) is 1. The van der Waals surface area contributed by atoms with E-state index in [2.05, 4.69) is 5.32 Å². The minimum Gasteiger partial charge on any atom is -0.399 e. The topological polar surface area (TPSA) is 75.4 Å². The Balaban J connectivity index is 2.58. The van der Waals surface area contributed by atoms with Gasteiger partial charge in [-0.1, -0.05) is 11.6 Å². The van der Waals surface area contributed by atoms with E-state index in [1.54, 1.807) is 18.2 Å². The first-order valence-corrected chi connectivity index (χ1v) is 7.01. The minimum atomic E-state index is -3.19. The lowest BCUT2D eigenvalue weighted by molar-refractivity contribution is 0.521. The van der Waals surface area contributed by atoms with Gasteiger partial charge in [0.1, 0.15) is 0 Å². The summed E-state index contributed by atoms with van der Waals surface area (Å²) >= 11 is 5.94. The van der Waals surface area contributed by atoms with Gasteiger partial charge in [0.05, 0.1) is 16.5 Å². The molecular formula is C10H16ClN3O2S. The van der Waals surface area contributed by atoms with Gasteiger partial charge in [-0.05, 0) is 18.2 Å². The Morgan fingerprint density at radius 3 is 2.59 bits per heavy atom. The van der Waals surface area contributed by atoms with Gasteiger partial charge in [0.2, 0.25) is 10.0 Å². The third-order valence-electron chi connectivity index (χ3n) is 2.22. The Morgan fingerprint density at radius 2 is 2.06 bits per heavy atom. The zero-order chi connectivity index (χ0) is 13.1. The molecule has 96 valence electrons. The van der Waals surface area contributed by atoms with Crippen molar-refractivity contribution in [2.45, 2.75) is 0 Å². The highest BCUT2D eigenvalue weighted by Gasteiger charge is 2.12. The van der Waals surface area contributed by atoms with Crippen LogP contribution in [0.3, 0.4) is 0 Å². The van der Waals surface area contributed by atoms with Crippen LogP contribution in [0.5, 0.6) is 0 Å². The van der Waals surface area contributed by atoms with E-state index in [0.29, 0.717) is 22.9 Å². The summed E-state index contributed by atoms with van der Waals surface area (Å²) in [4.78, 5) is 0. The SMILES string of the molecule is CN(C)S(=O)(=O)CCNc1ccc(N)cc1Cl. The summed E-state index contributed by atoms with van der Waals surface area (Å²) in [6, 6.07) is 5.04. The van der Waals surface area contributed by atoms with Gasteiger partial charge in [-0.3, -0.25) is 0 Å².